The predicted octanol–water partition coefficient (Wildman–Crippen LogP) is 1.64. The van der Waals surface area contributed by atoms with Crippen molar-refractivity contribution < 1.29 is 9.47 Å². The van der Waals surface area contributed by atoms with Crippen LogP contribution in [0.5, 0.6) is 11.8 Å². The standard InChI is InChI=1S/C17H23N7O2/c1-25-13-4-14(26-2)21-15(20-13)22-16-5-11-3-12(6-16)8-17(7-11,9-16)24-19-10-18-23-24/h4,10-12H,3,5-9H2,1-2H3,(H,20,21,22). The Hall–Kier alpha value is -2.45. The molecule has 4 aliphatic carbocycles. The highest BCUT2D eigenvalue weighted by molar-refractivity contribution is 5.38. The smallest absolute Gasteiger partial charge is 0.229 e. The van der Waals surface area contributed by atoms with Gasteiger partial charge in [0.1, 0.15) is 0 Å². The van der Waals surface area contributed by atoms with Crippen LogP contribution in [-0.2, 0) is 5.54 Å². The fourth-order valence-corrected chi connectivity index (χ4v) is 5.89. The van der Waals surface area contributed by atoms with Crippen LogP contribution >= 0.6 is 0 Å². The molecule has 4 fully saturated rings. The molecule has 2 aromatic rings. The number of nitrogens with one attached hydrogen (secondary N) is 1. The molecule has 4 aliphatic rings. The average molecular weight is 357 g/mol. The van der Waals surface area contributed by atoms with Crippen LogP contribution in [0, 0.1) is 11.8 Å². The van der Waals surface area contributed by atoms with E-state index in [0.717, 1.165) is 32.1 Å². The van der Waals surface area contributed by atoms with Crippen LogP contribution in [0.2, 0.25) is 0 Å². The summed E-state index contributed by atoms with van der Waals surface area (Å²) in [5.41, 5.74) is -0.0916. The van der Waals surface area contributed by atoms with Gasteiger partial charge in [-0.2, -0.15) is 14.8 Å². The van der Waals surface area contributed by atoms with Crippen LogP contribution < -0.4 is 14.8 Å². The quantitative estimate of drug-likeness (QED) is 0.862. The number of anilines is 1. The Morgan fingerprint density at radius 2 is 1.77 bits per heavy atom. The summed E-state index contributed by atoms with van der Waals surface area (Å²) >= 11 is 0. The second kappa shape index (κ2) is 5.52. The molecule has 6 rings (SSSR count). The molecule has 4 saturated carbocycles. The van der Waals surface area contributed by atoms with Crippen molar-refractivity contribution in [1.82, 2.24) is 30.2 Å². The Balaban J connectivity index is 1.49. The molecule has 2 aromatic heterocycles. The van der Waals surface area contributed by atoms with Gasteiger partial charge in [0.2, 0.25) is 17.7 Å². The number of hydrogen-bond donors (Lipinski definition) is 1. The number of ether oxygens (including phenoxy) is 2. The summed E-state index contributed by atoms with van der Waals surface area (Å²) in [6, 6.07) is 1.69. The second-order valence-electron chi connectivity index (χ2n) is 8.09. The minimum atomic E-state index is -0.0465. The lowest BCUT2D eigenvalue weighted by atomic mass is 9.50. The van der Waals surface area contributed by atoms with E-state index in [1.165, 1.54) is 12.7 Å². The summed E-state index contributed by atoms with van der Waals surface area (Å²) in [6.45, 7) is 0. The van der Waals surface area contributed by atoms with Crippen molar-refractivity contribution in [3.8, 4) is 11.8 Å². The van der Waals surface area contributed by atoms with Crippen LogP contribution in [0.1, 0.15) is 38.5 Å². The number of methoxy groups -OCH3 is 2. The van der Waals surface area contributed by atoms with Crippen LogP contribution in [0.4, 0.5) is 5.95 Å². The fraction of sp³-hybridized carbons (Fsp3) is 0.706. The Bertz CT molecular complexity index is 773. The number of rotatable bonds is 5. The van der Waals surface area contributed by atoms with Crippen molar-refractivity contribution in [2.24, 2.45) is 11.8 Å². The van der Waals surface area contributed by atoms with E-state index in [1.807, 2.05) is 4.80 Å². The molecule has 0 amide bonds. The molecule has 0 radical (unpaired) electrons. The first kappa shape index (κ1) is 15.8. The van der Waals surface area contributed by atoms with Gasteiger partial charge in [0, 0.05) is 5.54 Å². The first-order valence-electron chi connectivity index (χ1n) is 9.11. The van der Waals surface area contributed by atoms with Crippen LogP contribution in [0.25, 0.3) is 0 Å². The maximum absolute atomic E-state index is 5.29. The molecule has 2 heterocycles. The molecule has 138 valence electrons. The van der Waals surface area contributed by atoms with E-state index in [0.29, 0.717) is 29.5 Å². The van der Waals surface area contributed by atoms with Gasteiger partial charge in [-0.25, -0.2) is 0 Å². The van der Waals surface area contributed by atoms with E-state index >= 15 is 0 Å². The number of hydrogen-bond acceptors (Lipinski definition) is 8. The normalized spacial score (nSPS) is 34.7. The monoisotopic (exact) mass is 357 g/mol. The summed E-state index contributed by atoms with van der Waals surface area (Å²) in [4.78, 5) is 10.8. The van der Waals surface area contributed by atoms with Crippen molar-refractivity contribution in [3.63, 3.8) is 0 Å². The molecule has 9 nitrogen and oxygen atoms in total. The lowest BCUT2D eigenvalue weighted by molar-refractivity contribution is -0.0635. The molecule has 2 unspecified atom stereocenters. The molecule has 0 spiro atoms. The van der Waals surface area contributed by atoms with E-state index in [-0.39, 0.29) is 11.1 Å². The predicted molar refractivity (Wildman–Crippen MR) is 92.0 cm³/mol. The van der Waals surface area contributed by atoms with Crippen molar-refractivity contribution in [1.29, 1.82) is 0 Å². The van der Waals surface area contributed by atoms with Gasteiger partial charge in [-0.15, -0.1) is 10.2 Å². The van der Waals surface area contributed by atoms with Crippen LogP contribution in [0.15, 0.2) is 12.4 Å². The minimum absolute atomic E-state index is 0.0451. The van der Waals surface area contributed by atoms with Gasteiger partial charge < -0.3 is 14.8 Å². The first-order valence-corrected chi connectivity index (χ1v) is 9.11. The zero-order valence-corrected chi connectivity index (χ0v) is 15.1. The van der Waals surface area contributed by atoms with E-state index in [4.69, 9.17) is 9.47 Å². The summed E-state index contributed by atoms with van der Waals surface area (Å²) in [5, 5.41) is 16.3. The maximum Gasteiger partial charge on any atom is 0.229 e. The SMILES string of the molecule is COc1cc(OC)nc(NC23CC4CC(C2)CC(n2ncnn2)(C4)C3)n1. The summed E-state index contributed by atoms with van der Waals surface area (Å²) < 4.78 is 10.6. The zero-order valence-electron chi connectivity index (χ0n) is 15.1. The van der Waals surface area contributed by atoms with Crippen LogP contribution in [-0.4, -0.2) is 49.9 Å². The first-order chi connectivity index (χ1) is 12.6. The number of nitrogens with zero attached hydrogens (tertiary/aromatic N) is 6. The van der Waals surface area contributed by atoms with Gasteiger partial charge in [0.05, 0.1) is 25.8 Å². The van der Waals surface area contributed by atoms with Crippen LogP contribution in [0.3, 0.4) is 0 Å². The van der Waals surface area contributed by atoms with Crippen molar-refractivity contribution in [2.75, 3.05) is 19.5 Å². The molecule has 4 bridgehead atoms. The van der Waals surface area contributed by atoms with E-state index in [2.05, 4.69) is 30.7 Å². The molecular weight excluding hydrogens is 334 g/mol. The van der Waals surface area contributed by atoms with E-state index in [1.54, 1.807) is 20.3 Å². The fourth-order valence-electron chi connectivity index (χ4n) is 5.89. The van der Waals surface area contributed by atoms with Crippen molar-refractivity contribution in [2.45, 2.75) is 49.6 Å². The van der Waals surface area contributed by atoms with Gasteiger partial charge in [-0.3, -0.25) is 0 Å². The highest BCUT2D eigenvalue weighted by Gasteiger charge is 2.60. The third-order valence-corrected chi connectivity index (χ3v) is 6.28. The lowest BCUT2D eigenvalue weighted by Crippen LogP contribution is -2.63. The Labute approximate surface area is 151 Å². The molecular formula is C17H23N7O2. The molecule has 1 N–H and O–H groups in total. The molecule has 0 saturated heterocycles. The zero-order chi connectivity index (χ0) is 17.8. The van der Waals surface area contributed by atoms with Gasteiger partial charge in [0.25, 0.3) is 0 Å². The van der Waals surface area contributed by atoms with E-state index < -0.39 is 0 Å². The molecule has 26 heavy (non-hydrogen) atoms. The van der Waals surface area contributed by atoms with E-state index in [9.17, 15) is 0 Å². The molecule has 0 aliphatic heterocycles. The minimum Gasteiger partial charge on any atom is -0.481 e. The summed E-state index contributed by atoms with van der Waals surface area (Å²) in [7, 11) is 3.20. The lowest BCUT2D eigenvalue weighted by Gasteiger charge is -2.61. The second-order valence-corrected chi connectivity index (χ2v) is 8.09. The molecule has 9 heteroatoms. The maximum atomic E-state index is 5.29. The van der Waals surface area contributed by atoms with Gasteiger partial charge in [-0.05, 0) is 55.6 Å². The highest BCUT2D eigenvalue weighted by Crippen LogP contribution is 2.60. The summed E-state index contributed by atoms with van der Waals surface area (Å²) in [5.74, 6) is 2.89. The third kappa shape index (κ3) is 2.40. The third-order valence-electron chi connectivity index (χ3n) is 6.28. The molecule has 2 atom stereocenters. The van der Waals surface area contributed by atoms with Gasteiger partial charge >= 0.3 is 0 Å². The highest BCUT2D eigenvalue weighted by atomic mass is 16.5. The Morgan fingerprint density at radius 1 is 1.08 bits per heavy atom. The topological polar surface area (TPSA) is 99.9 Å². The van der Waals surface area contributed by atoms with Gasteiger partial charge in [-0.1, -0.05) is 0 Å². The Morgan fingerprint density at radius 3 is 2.35 bits per heavy atom. The average Bonchev–Trinajstić information content (AvgIpc) is 3.15. The summed E-state index contributed by atoms with van der Waals surface area (Å²) in [6.07, 6.45) is 8.31. The van der Waals surface area contributed by atoms with Crippen molar-refractivity contribution >= 4 is 5.95 Å². The number of aromatic nitrogens is 6. The van der Waals surface area contributed by atoms with Crippen molar-refractivity contribution in [3.05, 3.63) is 12.4 Å². The number of tetrazole rings is 1. The molecule has 0 aromatic carbocycles. The largest absolute Gasteiger partial charge is 0.481 e. The Kier molecular flexibility index (Phi) is 3.35. The van der Waals surface area contributed by atoms with Gasteiger partial charge in [0.15, 0.2) is 6.33 Å².